The van der Waals surface area contributed by atoms with Crippen LogP contribution >= 0.6 is 0 Å². The molecule has 6 rings (SSSR count). The number of aliphatic hydroxyl groups is 1. The van der Waals surface area contributed by atoms with E-state index in [1.165, 1.54) is 0 Å². The van der Waals surface area contributed by atoms with E-state index in [-0.39, 0.29) is 18.6 Å². The van der Waals surface area contributed by atoms with Crippen molar-refractivity contribution in [3.05, 3.63) is 42.2 Å². The average molecular weight is 561 g/mol. The highest BCUT2D eigenvalue weighted by molar-refractivity contribution is 6.04. The van der Waals surface area contributed by atoms with Gasteiger partial charge in [0.25, 0.3) is 0 Å². The molecule has 0 bridgehead atoms. The maximum Gasteiger partial charge on any atom is 0.329 e. The predicted molar refractivity (Wildman–Crippen MR) is 158 cm³/mol. The zero-order chi connectivity index (χ0) is 28.3. The van der Waals surface area contributed by atoms with Gasteiger partial charge in [0.05, 0.1) is 25.5 Å². The summed E-state index contributed by atoms with van der Waals surface area (Å²) in [5.74, 6) is 1.37. The first-order valence-corrected chi connectivity index (χ1v) is 14.1. The van der Waals surface area contributed by atoms with Gasteiger partial charge >= 0.3 is 6.03 Å². The van der Waals surface area contributed by atoms with Crippen molar-refractivity contribution in [2.45, 2.75) is 6.42 Å². The molecule has 0 spiro atoms. The zero-order valence-corrected chi connectivity index (χ0v) is 23.3. The molecular weight excluding hydrogens is 524 g/mol. The van der Waals surface area contributed by atoms with Gasteiger partial charge in [-0.3, -0.25) is 14.7 Å². The summed E-state index contributed by atoms with van der Waals surface area (Å²) in [5.41, 5.74) is 9.99. The van der Waals surface area contributed by atoms with Crippen molar-refractivity contribution in [2.75, 3.05) is 105 Å². The van der Waals surface area contributed by atoms with E-state index in [1.807, 2.05) is 12.1 Å². The molecule has 41 heavy (non-hydrogen) atoms. The normalized spacial score (nSPS) is 17.6. The molecule has 13 heteroatoms. The SMILES string of the molecule is CN(C(=O)N1CCc2c(-c3cnc(N)nc3)nc(N3CCOCC3)nc21)c1cccc(N2CCN(CCO)CC2)c1. The fourth-order valence-corrected chi connectivity index (χ4v) is 5.59. The standard InChI is InChI=1S/C28H36N10O3/c1-34(21-3-2-4-22(17-21)36-9-7-35(8-10-36)11-14-39)28(40)38-6-5-23-24(20-18-30-26(29)31-19-20)32-27(33-25(23)38)37-12-15-41-16-13-37/h2-4,17-19,39H,5-16H2,1H3,(H2,29,30,31). The highest BCUT2D eigenvalue weighted by Crippen LogP contribution is 2.36. The Balaban J connectivity index is 1.27. The predicted octanol–water partition coefficient (Wildman–Crippen LogP) is 1.09. The van der Waals surface area contributed by atoms with Crippen LogP contribution in [-0.2, 0) is 11.2 Å². The second-order valence-corrected chi connectivity index (χ2v) is 10.4. The summed E-state index contributed by atoms with van der Waals surface area (Å²) in [7, 11) is 1.80. The summed E-state index contributed by atoms with van der Waals surface area (Å²) in [6, 6.07) is 7.94. The minimum absolute atomic E-state index is 0.153. The summed E-state index contributed by atoms with van der Waals surface area (Å²) in [6.07, 6.45) is 3.95. The maximum absolute atomic E-state index is 14.0. The molecule has 2 amide bonds. The van der Waals surface area contributed by atoms with Crippen LogP contribution in [0.5, 0.6) is 0 Å². The third kappa shape index (κ3) is 5.60. The molecule has 3 N–H and O–H groups in total. The minimum atomic E-state index is -0.153. The first kappa shape index (κ1) is 27.1. The molecule has 2 fully saturated rings. The molecule has 0 aliphatic carbocycles. The average Bonchev–Trinajstić information content (AvgIpc) is 3.45. The van der Waals surface area contributed by atoms with Gasteiger partial charge in [0.2, 0.25) is 11.9 Å². The van der Waals surface area contributed by atoms with Crippen molar-refractivity contribution in [3.8, 4) is 11.3 Å². The number of ether oxygens (including phenoxy) is 1. The number of rotatable bonds is 6. The third-order valence-electron chi connectivity index (χ3n) is 7.94. The van der Waals surface area contributed by atoms with Crippen LogP contribution in [0.25, 0.3) is 11.3 Å². The van der Waals surface area contributed by atoms with Crippen LogP contribution in [0, 0.1) is 0 Å². The number of carbonyl (C=O) groups excluding carboxylic acids is 1. The van der Waals surface area contributed by atoms with Gasteiger partial charge in [0.15, 0.2) is 0 Å². The van der Waals surface area contributed by atoms with Gasteiger partial charge < -0.3 is 25.4 Å². The summed E-state index contributed by atoms with van der Waals surface area (Å²) in [4.78, 5) is 42.2. The van der Waals surface area contributed by atoms with Crippen molar-refractivity contribution < 1.29 is 14.6 Å². The Labute approximate surface area is 239 Å². The van der Waals surface area contributed by atoms with Crippen LogP contribution in [0.2, 0.25) is 0 Å². The van der Waals surface area contributed by atoms with Crippen LogP contribution in [0.3, 0.4) is 0 Å². The number of hydrogen-bond acceptors (Lipinski definition) is 11. The first-order valence-electron chi connectivity index (χ1n) is 14.1. The van der Waals surface area contributed by atoms with E-state index in [0.717, 1.165) is 54.4 Å². The van der Waals surface area contributed by atoms with E-state index in [0.29, 0.717) is 57.6 Å². The van der Waals surface area contributed by atoms with E-state index in [2.05, 4.69) is 36.8 Å². The lowest BCUT2D eigenvalue weighted by atomic mass is 10.1. The van der Waals surface area contributed by atoms with Crippen LogP contribution in [0.4, 0.5) is 33.9 Å². The van der Waals surface area contributed by atoms with Crippen LogP contribution in [0.1, 0.15) is 5.56 Å². The molecule has 0 saturated carbocycles. The number of anilines is 5. The highest BCUT2D eigenvalue weighted by atomic mass is 16.5. The molecule has 3 aliphatic rings. The number of carbonyl (C=O) groups is 1. The molecule has 0 atom stereocenters. The molecule has 0 radical (unpaired) electrons. The fourth-order valence-electron chi connectivity index (χ4n) is 5.59. The lowest BCUT2D eigenvalue weighted by molar-refractivity contribution is 0.122. The Bertz CT molecular complexity index is 1370. The van der Waals surface area contributed by atoms with Gasteiger partial charge in [-0.25, -0.2) is 19.7 Å². The number of urea groups is 1. The molecule has 1 aromatic carbocycles. The van der Waals surface area contributed by atoms with Crippen LogP contribution < -0.4 is 25.3 Å². The quantitative estimate of drug-likeness (QED) is 0.448. The zero-order valence-electron chi connectivity index (χ0n) is 23.3. The van der Waals surface area contributed by atoms with E-state index in [4.69, 9.17) is 20.4 Å². The number of nitrogens with zero attached hydrogens (tertiary/aromatic N) is 9. The largest absolute Gasteiger partial charge is 0.395 e. The summed E-state index contributed by atoms with van der Waals surface area (Å²) in [5, 5.41) is 9.24. The van der Waals surface area contributed by atoms with E-state index in [1.54, 1.807) is 29.2 Å². The lowest BCUT2D eigenvalue weighted by Gasteiger charge is -2.36. The molecule has 0 unspecified atom stereocenters. The van der Waals surface area contributed by atoms with Gasteiger partial charge in [0.1, 0.15) is 5.82 Å². The van der Waals surface area contributed by atoms with Gasteiger partial charge in [0, 0.05) is 94.3 Å². The molecule has 5 heterocycles. The first-order chi connectivity index (χ1) is 20.0. The number of β-amino-alcohol motifs (C(OH)–C–C–N with tert-alkyl or cyclic N) is 1. The number of nitrogen functional groups attached to an aromatic ring is 1. The maximum atomic E-state index is 14.0. The number of aromatic nitrogens is 4. The number of piperazine rings is 1. The van der Waals surface area contributed by atoms with Gasteiger partial charge in [-0.15, -0.1) is 0 Å². The number of amides is 2. The van der Waals surface area contributed by atoms with Crippen molar-refractivity contribution in [1.82, 2.24) is 24.8 Å². The van der Waals surface area contributed by atoms with E-state index in [9.17, 15) is 9.90 Å². The lowest BCUT2D eigenvalue weighted by Crippen LogP contribution is -2.47. The number of benzene rings is 1. The Hall–Kier alpha value is -4.07. The summed E-state index contributed by atoms with van der Waals surface area (Å²) >= 11 is 0. The fraction of sp³-hybridized carbons (Fsp3) is 0.464. The Kier molecular flexibility index (Phi) is 7.81. The molecule has 216 valence electrons. The van der Waals surface area contributed by atoms with Crippen LogP contribution in [0.15, 0.2) is 36.7 Å². The topological polar surface area (TPSA) is 140 Å². The number of hydrogen-bond donors (Lipinski definition) is 2. The minimum Gasteiger partial charge on any atom is -0.395 e. The Morgan fingerprint density at radius 3 is 2.51 bits per heavy atom. The van der Waals surface area contributed by atoms with Gasteiger partial charge in [-0.05, 0) is 24.6 Å². The number of morpholine rings is 1. The van der Waals surface area contributed by atoms with E-state index >= 15 is 0 Å². The molecule has 3 aromatic rings. The van der Waals surface area contributed by atoms with Crippen LogP contribution in [-0.4, -0.2) is 115 Å². The third-order valence-corrected chi connectivity index (χ3v) is 7.94. The highest BCUT2D eigenvalue weighted by Gasteiger charge is 2.33. The van der Waals surface area contributed by atoms with Crippen molar-refractivity contribution >= 4 is 35.1 Å². The molecule has 13 nitrogen and oxygen atoms in total. The van der Waals surface area contributed by atoms with E-state index < -0.39 is 0 Å². The number of aliphatic hydroxyl groups excluding tert-OH is 1. The molecule has 2 saturated heterocycles. The summed E-state index contributed by atoms with van der Waals surface area (Å²) in [6.45, 7) is 7.46. The molecule has 2 aromatic heterocycles. The van der Waals surface area contributed by atoms with Crippen molar-refractivity contribution in [1.29, 1.82) is 0 Å². The summed E-state index contributed by atoms with van der Waals surface area (Å²) < 4.78 is 5.53. The van der Waals surface area contributed by atoms with Gasteiger partial charge in [-0.2, -0.15) is 4.98 Å². The Morgan fingerprint density at radius 2 is 1.78 bits per heavy atom. The van der Waals surface area contributed by atoms with Gasteiger partial charge in [-0.1, -0.05) is 6.07 Å². The monoisotopic (exact) mass is 560 g/mol. The molecule has 3 aliphatic heterocycles. The molecular formula is C28H36N10O3. The number of nitrogens with two attached hydrogens (primary N) is 1. The second kappa shape index (κ2) is 11.8. The number of fused-ring (bicyclic) bond motifs is 1. The second-order valence-electron chi connectivity index (χ2n) is 10.4. The van der Waals surface area contributed by atoms with Crippen molar-refractivity contribution in [2.24, 2.45) is 0 Å². The smallest absolute Gasteiger partial charge is 0.329 e. The van der Waals surface area contributed by atoms with Crippen molar-refractivity contribution in [3.63, 3.8) is 0 Å². The Morgan fingerprint density at radius 1 is 1.02 bits per heavy atom.